The zero-order chi connectivity index (χ0) is 24.1. The Hall–Kier alpha value is -1.30. The van der Waals surface area contributed by atoms with Crippen LogP contribution in [0, 0.1) is 5.92 Å². The molecule has 0 radical (unpaired) electrons. The maximum Gasteiger partial charge on any atom is 0.239 e. The average molecular weight is 461 g/mol. The van der Waals surface area contributed by atoms with Crippen LogP contribution in [0.25, 0.3) is 0 Å². The van der Waals surface area contributed by atoms with E-state index in [-0.39, 0.29) is 50.4 Å². The van der Waals surface area contributed by atoms with Gasteiger partial charge in [-0.25, -0.2) is 0 Å². The van der Waals surface area contributed by atoms with Crippen LogP contribution in [-0.4, -0.2) is 107 Å². The lowest BCUT2D eigenvalue weighted by Gasteiger charge is -2.33. The molecule has 0 aliphatic carbocycles. The van der Waals surface area contributed by atoms with Crippen molar-refractivity contribution in [3.05, 3.63) is 0 Å². The van der Waals surface area contributed by atoms with Gasteiger partial charge in [-0.2, -0.15) is 0 Å². The number of rotatable bonds is 7. The van der Waals surface area contributed by atoms with Gasteiger partial charge in [-0.1, -0.05) is 20.3 Å². The van der Waals surface area contributed by atoms with Gasteiger partial charge in [0.05, 0.1) is 12.6 Å². The number of aliphatic hydroxyl groups is 3. The van der Waals surface area contributed by atoms with Gasteiger partial charge in [0.2, 0.25) is 11.8 Å². The van der Waals surface area contributed by atoms with E-state index in [1.165, 1.54) is 4.90 Å². The third kappa shape index (κ3) is 10.5. The molecule has 1 fully saturated rings. The first kappa shape index (κ1) is 28.7. The van der Waals surface area contributed by atoms with Gasteiger partial charge in [0, 0.05) is 39.2 Å². The first-order chi connectivity index (χ1) is 15.2. The van der Waals surface area contributed by atoms with Gasteiger partial charge in [-0.05, 0) is 38.1 Å². The van der Waals surface area contributed by atoms with Crippen LogP contribution >= 0.6 is 0 Å². The summed E-state index contributed by atoms with van der Waals surface area (Å²) in [6.07, 6.45) is -0.278. The van der Waals surface area contributed by atoms with E-state index in [2.05, 4.69) is 0 Å². The summed E-state index contributed by atoms with van der Waals surface area (Å²) in [5.74, 6) is -0.226. The summed E-state index contributed by atoms with van der Waals surface area (Å²) in [6.45, 7) is 5.47. The minimum atomic E-state index is -1.44. The van der Waals surface area contributed by atoms with E-state index in [0.29, 0.717) is 39.0 Å². The maximum atomic E-state index is 13.0. The predicted octanol–water partition coefficient (Wildman–Crippen LogP) is -0.961. The average Bonchev–Trinajstić information content (AvgIpc) is 2.74. The highest BCUT2D eigenvalue weighted by Gasteiger charge is 2.29. The van der Waals surface area contributed by atoms with Crippen molar-refractivity contribution in [3.63, 3.8) is 0 Å². The summed E-state index contributed by atoms with van der Waals surface area (Å²) in [4.78, 5) is 28.9. The predicted molar refractivity (Wildman–Crippen MR) is 122 cm³/mol. The largest absolute Gasteiger partial charge is 0.388 e. The van der Waals surface area contributed by atoms with Crippen molar-refractivity contribution in [2.75, 3.05) is 45.9 Å². The SMILES string of the molecule is CC(C)CC(=O)N1CCN(C(=O)[C@H](N)CCCCN)CCCCOC[C@@H](O)[C@H](O)[C@@H](O)C1. The fourth-order valence-corrected chi connectivity index (χ4v) is 3.64. The molecule has 0 bridgehead atoms. The highest BCUT2D eigenvalue weighted by molar-refractivity contribution is 5.81. The number of hydrogen-bond acceptors (Lipinski definition) is 8. The molecule has 2 amide bonds. The second kappa shape index (κ2) is 15.5. The topological polar surface area (TPSA) is 163 Å². The number of carbonyl (C=O) groups is 2. The van der Waals surface area contributed by atoms with Gasteiger partial charge in [-0.15, -0.1) is 0 Å². The summed E-state index contributed by atoms with van der Waals surface area (Å²) in [6, 6.07) is -0.626. The van der Waals surface area contributed by atoms with Crippen LogP contribution in [0.1, 0.15) is 52.4 Å². The molecule has 188 valence electrons. The van der Waals surface area contributed by atoms with Crippen molar-refractivity contribution in [2.45, 2.75) is 76.7 Å². The normalized spacial score (nSPS) is 25.4. The fourth-order valence-electron chi connectivity index (χ4n) is 3.64. The van der Waals surface area contributed by atoms with Crippen molar-refractivity contribution >= 4 is 11.8 Å². The van der Waals surface area contributed by atoms with Crippen LogP contribution < -0.4 is 11.5 Å². The summed E-state index contributed by atoms with van der Waals surface area (Å²) in [5.41, 5.74) is 11.7. The molecule has 32 heavy (non-hydrogen) atoms. The molecular formula is C22H44N4O6. The molecule has 0 aromatic carbocycles. The van der Waals surface area contributed by atoms with Crippen molar-refractivity contribution < 1.29 is 29.6 Å². The summed E-state index contributed by atoms with van der Waals surface area (Å²) >= 11 is 0. The molecule has 0 aromatic heterocycles. The summed E-state index contributed by atoms with van der Waals surface area (Å²) in [7, 11) is 0. The highest BCUT2D eigenvalue weighted by Crippen LogP contribution is 2.11. The van der Waals surface area contributed by atoms with Gasteiger partial charge in [-0.3, -0.25) is 9.59 Å². The number of ether oxygens (including phenoxy) is 1. The molecular weight excluding hydrogens is 416 g/mol. The lowest BCUT2D eigenvalue weighted by Crippen LogP contribution is -2.51. The van der Waals surface area contributed by atoms with E-state index in [4.69, 9.17) is 16.2 Å². The van der Waals surface area contributed by atoms with Crippen LogP contribution in [0.2, 0.25) is 0 Å². The zero-order valence-corrected chi connectivity index (χ0v) is 19.7. The molecule has 0 unspecified atom stereocenters. The summed E-state index contributed by atoms with van der Waals surface area (Å²) in [5, 5.41) is 30.8. The third-order valence-corrected chi connectivity index (χ3v) is 5.62. The molecule has 1 aliphatic rings. The molecule has 1 saturated heterocycles. The Morgan fingerprint density at radius 3 is 2.38 bits per heavy atom. The molecule has 1 rings (SSSR count). The minimum absolute atomic E-state index is 0.116. The highest BCUT2D eigenvalue weighted by atomic mass is 16.5. The van der Waals surface area contributed by atoms with Crippen LogP contribution in [0.4, 0.5) is 0 Å². The maximum absolute atomic E-state index is 13.0. The zero-order valence-electron chi connectivity index (χ0n) is 19.7. The number of amides is 2. The Bertz CT molecular complexity index is 551. The quantitative estimate of drug-likeness (QED) is 0.303. The molecule has 4 atom stereocenters. The number of nitrogens with zero attached hydrogens (tertiary/aromatic N) is 2. The lowest BCUT2D eigenvalue weighted by atomic mass is 10.1. The number of hydrogen-bond donors (Lipinski definition) is 5. The standard InChI is InChI=1S/C22H44N4O6/c1-16(2)13-20(29)26-11-10-25(22(31)17(24)7-3-4-8-23)9-5-6-12-32-15-19(28)21(30)18(27)14-26/h16-19,21,27-28,30H,3-15,23-24H2,1-2H3/t17-,18+,19-,21-/m1/s1. The second-order valence-electron chi connectivity index (χ2n) is 9.06. The monoisotopic (exact) mass is 460 g/mol. The smallest absolute Gasteiger partial charge is 0.239 e. The number of β-amino-alcohol motifs (C(OH)–C–C–N with tert-alkyl or cyclic N) is 1. The molecule has 1 heterocycles. The first-order valence-electron chi connectivity index (χ1n) is 11.8. The van der Waals surface area contributed by atoms with E-state index < -0.39 is 24.4 Å². The van der Waals surface area contributed by atoms with Crippen LogP contribution in [0.15, 0.2) is 0 Å². The molecule has 0 aromatic rings. The number of aliphatic hydroxyl groups excluding tert-OH is 3. The van der Waals surface area contributed by atoms with Crippen molar-refractivity contribution in [2.24, 2.45) is 17.4 Å². The lowest BCUT2D eigenvalue weighted by molar-refractivity contribution is -0.140. The van der Waals surface area contributed by atoms with Gasteiger partial charge in [0.15, 0.2) is 0 Å². The van der Waals surface area contributed by atoms with Crippen molar-refractivity contribution in [1.29, 1.82) is 0 Å². The van der Waals surface area contributed by atoms with E-state index in [1.54, 1.807) is 4.90 Å². The van der Waals surface area contributed by atoms with E-state index in [9.17, 15) is 24.9 Å². The molecule has 10 nitrogen and oxygen atoms in total. The molecule has 10 heteroatoms. The molecule has 1 aliphatic heterocycles. The minimum Gasteiger partial charge on any atom is -0.388 e. The Kier molecular flexibility index (Phi) is 13.9. The summed E-state index contributed by atoms with van der Waals surface area (Å²) < 4.78 is 5.40. The van der Waals surface area contributed by atoms with Gasteiger partial charge in [0.25, 0.3) is 0 Å². The van der Waals surface area contributed by atoms with Crippen molar-refractivity contribution in [1.82, 2.24) is 9.80 Å². The van der Waals surface area contributed by atoms with Crippen LogP contribution in [0.5, 0.6) is 0 Å². The van der Waals surface area contributed by atoms with Gasteiger partial charge >= 0.3 is 0 Å². The van der Waals surface area contributed by atoms with E-state index in [0.717, 1.165) is 12.8 Å². The molecule has 0 saturated carbocycles. The van der Waals surface area contributed by atoms with Crippen LogP contribution in [-0.2, 0) is 14.3 Å². The van der Waals surface area contributed by atoms with Crippen LogP contribution in [0.3, 0.4) is 0 Å². The Morgan fingerprint density at radius 1 is 1.03 bits per heavy atom. The molecule has 0 spiro atoms. The Balaban J connectivity index is 2.95. The number of unbranched alkanes of at least 4 members (excludes halogenated alkanes) is 1. The number of carbonyl (C=O) groups excluding carboxylic acids is 2. The van der Waals surface area contributed by atoms with Crippen molar-refractivity contribution in [3.8, 4) is 0 Å². The Morgan fingerprint density at radius 2 is 1.72 bits per heavy atom. The van der Waals surface area contributed by atoms with E-state index >= 15 is 0 Å². The first-order valence-corrected chi connectivity index (χ1v) is 11.8. The molecule has 7 N–H and O–H groups in total. The Labute approximate surface area is 191 Å². The van der Waals surface area contributed by atoms with E-state index in [1.807, 2.05) is 13.8 Å². The van der Waals surface area contributed by atoms with Gasteiger partial charge in [0.1, 0.15) is 18.3 Å². The van der Waals surface area contributed by atoms with Gasteiger partial charge < -0.3 is 41.3 Å². The fraction of sp³-hybridized carbons (Fsp3) is 0.909. The third-order valence-electron chi connectivity index (χ3n) is 5.62. The number of nitrogens with two attached hydrogens (primary N) is 2. The second-order valence-corrected chi connectivity index (χ2v) is 9.06.